The van der Waals surface area contributed by atoms with E-state index in [0.717, 1.165) is 17.6 Å². The lowest BCUT2D eigenvalue weighted by atomic mass is 10.1. The van der Waals surface area contributed by atoms with E-state index >= 15 is 0 Å². The standard InChI is InChI=1S/C9H14BrN3/c1-11-5-6-3-4-7-8(6)9(10)12-13(7)2/h6,11H,3-5H2,1-2H3. The SMILES string of the molecule is CNCC1CCc2c1c(Br)nn2C. The van der Waals surface area contributed by atoms with Crippen LogP contribution < -0.4 is 5.32 Å². The second-order valence-electron chi connectivity index (χ2n) is 3.57. The van der Waals surface area contributed by atoms with E-state index in [-0.39, 0.29) is 0 Å². The van der Waals surface area contributed by atoms with Gasteiger partial charge in [0.05, 0.1) is 0 Å². The molecule has 3 nitrogen and oxygen atoms in total. The highest BCUT2D eigenvalue weighted by atomic mass is 79.9. The van der Waals surface area contributed by atoms with Gasteiger partial charge in [-0.3, -0.25) is 4.68 Å². The van der Waals surface area contributed by atoms with Crippen LogP contribution in [0, 0.1) is 0 Å². The van der Waals surface area contributed by atoms with Crippen LogP contribution in [-0.2, 0) is 13.5 Å². The maximum absolute atomic E-state index is 4.37. The van der Waals surface area contributed by atoms with E-state index < -0.39 is 0 Å². The molecule has 0 bridgehead atoms. The summed E-state index contributed by atoms with van der Waals surface area (Å²) in [6.07, 6.45) is 2.41. The topological polar surface area (TPSA) is 29.9 Å². The summed E-state index contributed by atoms with van der Waals surface area (Å²) in [6, 6.07) is 0. The molecule has 1 aliphatic rings. The molecule has 0 aromatic carbocycles. The Hall–Kier alpha value is -0.350. The Labute approximate surface area is 86.6 Å². The molecule has 0 saturated heterocycles. The maximum atomic E-state index is 4.37. The first-order valence-electron chi connectivity index (χ1n) is 4.60. The van der Waals surface area contributed by atoms with E-state index in [4.69, 9.17) is 0 Å². The number of nitrogens with one attached hydrogen (secondary N) is 1. The molecule has 1 N–H and O–H groups in total. The Morgan fingerprint density at radius 2 is 2.46 bits per heavy atom. The third-order valence-electron chi connectivity index (χ3n) is 2.75. The van der Waals surface area contributed by atoms with Crippen molar-refractivity contribution in [3.05, 3.63) is 15.9 Å². The molecule has 1 aliphatic carbocycles. The number of aromatic nitrogens is 2. The molecule has 2 rings (SSSR count). The van der Waals surface area contributed by atoms with Crippen LogP contribution >= 0.6 is 15.9 Å². The van der Waals surface area contributed by atoms with E-state index in [1.165, 1.54) is 17.7 Å². The molecule has 0 aliphatic heterocycles. The third-order valence-corrected chi connectivity index (χ3v) is 3.34. The number of rotatable bonds is 2. The Bertz CT molecular complexity index is 319. The minimum Gasteiger partial charge on any atom is -0.319 e. The van der Waals surface area contributed by atoms with E-state index in [9.17, 15) is 0 Å². The van der Waals surface area contributed by atoms with E-state index in [1.54, 1.807) is 0 Å². The maximum Gasteiger partial charge on any atom is 0.131 e. The fourth-order valence-corrected chi connectivity index (χ4v) is 2.94. The Balaban J connectivity index is 2.35. The molecule has 4 heteroatoms. The van der Waals surface area contributed by atoms with Gasteiger partial charge in [-0.25, -0.2) is 0 Å². The van der Waals surface area contributed by atoms with Crippen LogP contribution in [0.1, 0.15) is 23.6 Å². The number of nitrogens with zero attached hydrogens (tertiary/aromatic N) is 2. The van der Waals surface area contributed by atoms with Crippen molar-refractivity contribution in [1.29, 1.82) is 0 Å². The Morgan fingerprint density at radius 3 is 3.15 bits per heavy atom. The number of hydrogen-bond donors (Lipinski definition) is 1. The van der Waals surface area contributed by atoms with Gasteiger partial charge >= 0.3 is 0 Å². The van der Waals surface area contributed by atoms with Crippen LogP contribution in [-0.4, -0.2) is 23.4 Å². The summed E-state index contributed by atoms with van der Waals surface area (Å²) >= 11 is 3.52. The van der Waals surface area contributed by atoms with Gasteiger partial charge in [0, 0.05) is 30.8 Å². The van der Waals surface area contributed by atoms with Crippen LogP contribution in [0.3, 0.4) is 0 Å². The average molecular weight is 244 g/mol. The summed E-state index contributed by atoms with van der Waals surface area (Å²) in [4.78, 5) is 0. The number of aryl methyl sites for hydroxylation is 1. The van der Waals surface area contributed by atoms with Gasteiger partial charge in [0.1, 0.15) is 4.60 Å². The lowest BCUT2D eigenvalue weighted by Gasteiger charge is -2.08. The number of likely N-dealkylation sites (N-methyl/N-ethyl adjacent to an activating group) is 1. The molecular weight excluding hydrogens is 230 g/mol. The van der Waals surface area contributed by atoms with E-state index in [2.05, 4.69) is 26.3 Å². The van der Waals surface area contributed by atoms with Crippen molar-refractivity contribution in [2.75, 3.05) is 13.6 Å². The number of halogens is 1. The lowest BCUT2D eigenvalue weighted by molar-refractivity contribution is 0.609. The number of hydrogen-bond acceptors (Lipinski definition) is 2. The smallest absolute Gasteiger partial charge is 0.131 e. The van der Waals surface area contributed by atoms with E-state index in [0.29, 0.717) is 5.92 Å². The van der Waals surface area contributed by atoms with Crippen molar-refractivity contribution in [2.24, 2.45) is 7.05 Å². The molecule has 0 saturated carbocycles. The molecule has 1 heterocycles. The second kappa shape index (κ2) is 3.42. The normalized spacial score (nSPS) is 20.7. The van der Waals surface area contributed by atoms with Crippen molar-refractivity contribution in [1.82, 2.24) is 15.1 Å². The number of fused-ring (bicyclic) bond motifs is 1. The summed E-state index contributed by atoms with van der Waals surface area (Å²) in [6.45, 7) is 1.05. The molecule has 1 aromatic heterocycles. The summed E-state index contributed by atoms with van der Waals surface area (Å²) < 4.78 is 3.03. The van der Waals surface area contributed by atoms with Crippen LogP contribution in [0.5, 0.6) is 0 Å². The molecule has 1 aromatic rings. The molecule has 0 fully saturated rings. The predicted octanol–water partition coefficient (Wildman–Crippen LogP) is 1.43. The molecule has 0 radical (unpaired) electrons. The minimum atomic E-state index is 0.642. The van der Waals surface area contributed by atoms with Crippen LogP contribution in [0.15, 0.2) is 4.60 Å². The molecule has 1 atom stereocenters. The zero-order valence-corrected chi connectivity index (χ0v) is 9.56. The summed E-state index contributed by atoms with van der Waals surface area (Å²) in [5.41, 5.74) is 2.81. The molecule has 1 unspecified atom stereocenters. The fraction of sp³-hybridized carbons (Fsp3) is 0.667. The fourth-order valence-electron chi connectivity index (χ4n) is 2.15. The van der Waals surface area contributed by atoms with Gasteiger partial charge < -0.3 is 5.32 Å². The van der Waals surface area contributed by atoms with Gasteiger partial charge in [0.15, 0.2) is 0 Å². The molecule has 13 heavy (non-hydrogen) atoms. The molecule has 72 valence electrons. The summed E-state index contributed by atoms with van der Waals surface area (Å²) in [5, 5.41) is 7.60. The van der Waals surface area contributed by atoms with Gasteiger partial charge in [0.25, 0.3) is 0 Å². The lowest BCUT2D eigenvalue weighted by Crippen LogP contribution is -2.15. The zero-order chi connectivity index (χ0) is 9.42. The van der Waals surface area contributed by atoms with Gasteiger partial charge in [0.2, 0.25) is 0 Å². The second-order valence-corrected chi connectivity index (χ2v) is 4.32. The van der Waals surface area contributed by atoms with Crippen molar-refractivity contribution in [2.45, 2.75) is 18.8 Å². The predicted molar refractivity (Wildman–Crippen MR) is 55.9 cm³/mol. The molecule has 0 spiro atoms. The molecular formula is C9H14BrN3. The average Bonchev–Trinajstić information content (AvgIpc) is 2.58. The highest BCUT2D eigenvalue weighted by Crippen LogP contribution is 2.37. The van der Waals surface area contributed by atoms with Gasteiger partial charge in [-0.1, -0.05) is 0 Å². The Kier molecular flexibility index (Phi) is 2.43. The minimum absolute atomic E-state index is 0.642. The first-order valence-corrected chi connectivity index (χ1v) is 5.39. The summed E-state index contributed by atoms with van der Waals surface area (Å²) in [5.74, 6) is 0.642. The van der Waals surface area contributed by atoms with E-state index in [1.807, 2.05) is 18.8 Å². The first kappa shape index (κ1) is 9.21. The largest absolute Gasteiger partial charge is 0.319 e. The zero-order valence-electron chi connectivity index (χ0n) is 7.97. The van der Waals surface area contributed by atoms with Crippen molar-refractivity contribution in [3.8, 4) is 0 Å². The van der Waals surface area contributed by atoms with Gasteiger partial charge in [-0.2, -0.15) is 5.10 Å². The quantitative estimate of drug-likeness (QED) is 0.852. The van der Waals surface area contributed by atoms with Crippen LogP contribution in [0.4, 0.5) is 0 Å². The highest BCUT2D eigenvalue weighted by molar-refractivity contribution is 9.10. The molecule has 0 amide bonds. The van der Waals surface area contributed by atoms with Crippen LogP contribution in [0.25, 0.3) is 0 Å². The summed E-state index contributed by atoms with van der Waals surface area (Å²) in [7, 11) is 4.02. The van der Waals surface area contributed by atoms with Crippen molar-refractivity contribution in [3.63, 3.8) is 0 Å². The van der Waals surface area contributed by atoms with Crippen molar-refractivity contribution >= 4 is 15.9 Å². The van der Waals surface area contributed by atoms with Gasteiger partial charge in [-0.15, -0.1) is 0 Å². The third kappa shape index (κ3) is 1.42. The highest BCUT2D eigenvalue weighted by Gasteiger charge is 2.28. The first-order chi connectivity index (χ1) is 6.24. The van der Waals surface area contributed by atoms with Crippen molar-refractivity contribution < 1.29 is 0 Å². The Morgan fingerprint density at radius 1 is 1.69 bits per heavy atom. The van der Waals surface area contributed by atoms with Crippen LogP contribution in [0.2, 0.25) is 0 Å². The monoisotopic (exact) mass is 243 g/mol. The van der Waals surface area contributed by atoms with Gasteiger partial charge in [-0.05, 0) is 35.8 Å².